The number of rotatable bonds is 4. The molecule has 0 fully saturated rings. The first-order valence-electron chi connectivity index (χ1n) is 6.86. The van der Waals surface area contributed by atoms with E-state index in [1.165, 1.54) is 12.0 Å². The van der Waals surface area contributed by atoms with E-state index in [2.05, 4.69) is 53.3 Å². The van der Waals surface area contributed by atoms with Crippen LogP contribution in [0.3, 0.4) is 0 Å². The van der Waals surface area contributed by atoms with Crippen LogP contribution in [0, 0.1) is 5.92 Å². The Morgan fingerprint density at radius 3 is 3.11 bits per heavy atom. The van der Waals surface area contributed by atoms with Crippen molar-refractivity contribution in [3.05, 3.63) is 28.2 Å². The van der Waals surface area contributed by atoms with E-state index in [9.17, 15) is 0 Å². The maximum Gasteiger partial charge on any atom is 0.125 e. The molecule has 0 bridgehead atoms. The fourth-order valence-corrected chi connectivity index (χ4v) is 2.59. The Labute approximate surface area is 118 Å². The Kier molecular flexibility index (Phi) is 5.07. The molecular formula is C15H22BrNO. The van der Waals surface area contributed by atoms with Gasteiger partial charge < -0.3 is 10.1 Å². The molecule has 2 unspecified atom stereocenters. The molecule has 1 heterocycles. The highest BCUT2D eigenvalue weighted by Gasteiger charge is 2.19. The first-order valence-corrected chi connectivity index (χ1v) is 7.65. The van der Waals surface area contributed by atoms with Crippen LogP contribution in [0.5, 0.6) is 5.75 Å². The summed E-state index contributed by atoms with van der Waals surface area (Å²) in [6, 6.07) is 6.80. The normalized spacial score (nSPS) is 20.7. The van der Waals surface area contributed by atoms with Gasteiger partial charge in [-0.15, -0.1) is 0 Å². The first kappa shape index (κ1) is 13.9. The lowest BCUT2D eigenvalue weighted by Crippen LogP contribution is -2.26. The molecule has 1 aliphatic heterocycles. The lowest BCUT2D eigenvalue weighted by molar-refractivity contribution is 0.314. The number of halogens is 1. The van der Waals surface area contributed by atoms with Gasteiger partial charge in [-0.1, -0.05) is 42.3 Å². The van der Waals surface area contributed by atoms with E-state index in [1.807, 2.05) is 0 Å². The van der Waals surface area contributed by atoms with Gasteiger partial charge in [0.05, 0.1) is 6.61 Å². The van der Waals surface area contributed by atoms with Gasteiger partial charge in [-0.3, -0.25) is 0 Å². The Morgan fingerprint density at radius 1 is 1.50 bits per heavy atom. The SMILES string of the molecule is CCC(C)CNC1CCCOc2cc(Br)ccc21. The number of fused-ring (bicyclic) bond motifs is 1. The van der Waals surface area contributed by atoms with Crippen molar-refractivity contribution in [2.24, 2.45) is 5.92 Å². The van der Waals surface area contributed by atoms with Crippen LogP contribution >= 0.6 is 15.9 Å². The smallest absolute Gasteiger partial charge is 0.125 e. The van der Waals surface area contributed by atoms with Gasteiger partial charge in [0.25, 0.3) is 0 Å². The number of benzene rings is 1. The van der Waals surface area contributed by atoms with Gasteiger partial charge in [0.15, 0.2) is 0 Å². The Bertz CT molecular complexity index is 394. The van der Waals surface area contributed by atoms with Gasteiger partial charge in [-0.05, 0) is 37.4 Å². The molecule has 2 rings (SSSR count). The van der Waals surface area contributed by atoms with Crippen molar-refractivity contribution in [1.82, 2.24) is 5.32 Å². The van der Waals surface area contributed by atoms with Crippen LogP contribution in [0.2, 0.25) is 0 Å². The summed E-state index contributed by atoms with van der Waals surface area (Å²) in [6.07, 6.45) is 3.50. The van der Waals surface area contributed by atoms with Crippen molar-refractivity contribution in [3.8, 4) is 5.75 Å². The van der Waals surface area contributed by atoms with E-state index in [0.29, 0.717) is 6.04 Å². The zero-order valence-corrected chi connectivity index (χ0v) is 12.8. The van der Waals surface area contributed by atoms with Crippen molar-refractivity contribution in [1.29, 1.82) is 0 Å². The maximum absolute atomic E-state index is 5.82. The van der Waals surface area contributed by atoms with E-state index >= 15 is 0 Å². The van der Waals surface area contributed by atoms with E-state index < -0.39 is 0 Å². The fourth-order valence-electron chi connectivity index (χ4n) is 2.25. The van der Waals surface area contributed by atoms with E-state index in [1.54, 1.807) is 0 Å². The molecule has 0 saturated heterocycles. The molecule has 1 aromatic carbocycles. The second kappa shape index (κ2) is 6.58. The first-order chi connectivity index (χ1) is 8.70. The minimum atomic E-state index is 0.435. The van der Waals surface area contributed by atoms with Crippen molar-refractivity contribution in [2.75, 3.05) is 13.2 Å². The molecule has 100 valence electrons. The number of hydrogen-bond acceptors (Lipinski definition) is 2. The largest absolute Gasteiger partial charge is 0.493 e. The molecule has 0 spiro atoms. The Morgan fingerprint density at radius 2 is 2.33 bits per heavy atom. The third-order valence-corrected chi connectivity index (χ3v) is 4.15. The summed E-state index contributed by atoms with van der Waals surface area (Å²) in [4.78, 5) is 0. The minimum Gasteiger partial charge on any atom is -0.493 e. The van der Waals surface area contributed by atoms with Crippen molar-refractivity contribution in [3.63, 3.8) is 0 Å². The molecule has 2 atom stereocenters. The molecule has 0 saturated carbocycles. The maximum atomic E-state index is 5.82. The van der Waals surface area contributed by atoms with Crippen LogP contribution in [0.1, 0.15) is 44.7 Å². The fraction of sp³-hybridized carbons (Fsp3) is 0.600. The summed E-state index contributed by atoms with van der Waals surface area (Å²) in [5.41, 5.74) is 1.30. The lowest BCUT2D eigenvalue weighted by atomic mass is 10.0. The van der Waals surface area contributed by atoms with Crippen LogP contribution in [0.25, 0.3) is 0 Å². The number of ether oxygens (including phenoxy) is 1. The molecule has 3 heteroatoms. The van der Waals surface area contributed by atoms with Gasteiger partial charge in [0.2, 0.25) is 0 Å². The van der Waals surface area contributed by atoms with Crippen molar-refractivity contribution in [2.45, 2.75) is 39.2 Å². The number of hydrogen-bond donors (Lipinski definition) is 1. The Hall–Kier alpha value is -0.540. The van der Waals surface area contributed by atoms with Gasteiger partial charge in [-0.2, -0.15) is 0 Å². The van der Waals surface area contributed by atoms with Crippen LogP contribution < -0.4 is 10.1 Å². The third kappa shape index (κ3) is 3.48. The van der Waals surface area contributed by atoms with Crippen molar-refractivity contribution >= 4 is 15.9 Å². The minimum absolute atomic E-state index is 0.435. The molecule has 0 radical (unpaired) electrons. The monoisotopic (exact) mass is 311 g/mol. The van der Waals surface area contributed by atoms with Crippen LogP contribution in [-0.4, -0.2) is 13.2 Å². The average molecular weight is 312 g/mol. The summed E-state index contributed by atoms with van der Waals surface area (Å²) >= 11 is 3.51. The zero-order valence-electron chi connectivity index (χ0n) is 11.2. The number of nitrogens with one attached hydrogen (secondary N) is 1. The predicted octanol–water partition coefficient (Wildman–Crippen LogP) is 4.30. The van der Waals surface area contributed by atoms with Crippen LogP contribution in [0.4, 0.5) is 0 Å². The molecule has 1 aliphatic rings. The Balaban J connectivity index is 2.11. The van der Waals surface area contributed by atoms with Gasteiger partial charge in [-0.25, -0.2) is 0 Å². The summed E-state index contributed by atoms with van der Waals surface area (Å²) in [7, 11) is 0. The molecule has 1 N–H and O–H groups in total. The second-order valence-corrected chi connectivity index (χ2v) is 6.06. The zero-order chi connectivity index (χ0) is 13.0. The van der Waals surface area contributed by atoms with Gasteiger partial charge in [0.1, 0.15) is 5.75 Å². The molecule has 0 aliphatic carbocycles. The highest BCUT2D eigenvalue weighted by atomic mass is 79.9. The highest BCUT2D eigenvalue weighted by molar-refractivity contribution is 9.10. The summed E-state index contributed by atoms with van der Waals surface area (Å²) in [5, 5.41) is 3.69. The lowest BCUT2D eigenvalue weighted by Gasteiger charge is -2.20. The summed E-state index contributed by atoms with van der Waals surface area (Å²) in [6.45, 7) is 6.44. The van der Waals surface area contributed by atoms with E-state index in [4.69, 9.17) is 4.74 Å². The highest BCUT2D eigenvalue weighted by Crippen LogP contribution is 2.33. The molecule has 18 heavy (non-hydrogen) atoms. The quantitative estimate of drug-likeness (QED) is 0.895. The van der Waals surface area contributed by atoms with Gasteiger partial charge in [0, 0.05) is 16.1 Å². The summed E-state index contributed by atoms with van der Waals surface area (Å²) in [5.74, 6) is 1.76. The third-order valence-electron chi connectivity index (χ3n) is 3.66. The topological polar surface area (TPSA) is 21.3 Å². The average Bonchev–Trinajstić information content (AvgIpc) is 2.57. The van der Waals surface area contributed by atoms with Crippen LogP contribution in [-0.2, 0) is 0 Å². The predicted molar refractivity (Wildman–Crippen MR) is 79.1 cm³/mol. The second-order valence-electron chi connectivity index (χ2n) is 5.15. The molecule has 0 amide bonds. The molecule has 1 aromatic rings. The van der Waals surface area contributed by atoms with Crippen LogP contribution in [0.15, 0.2) is 22.7 Å². The molecule has 0 aromatic heterocycles. The molecular weight excluding hydrogens is 290 g/mol. The molecule has 2 nitrogen and oxygen atoms in total. The standard InChI is InChI=1S/C15H22BrNO/c1-3-11(2)10-17-14-5-4-8-18-15-9-12(16)6-7-13(14)15/h6-7,9,11,14,17H,3-5,8,10H2,1-2H3. The van der Waals surface area contributed by atoms with Crippen molar-refractivity contribution < 1.29 is 4.74 Å². The van der Waals surface area contributed by atoms with E-state index in [-0.39, 0.29) is 0 Å². The van der Waals surface area contributed by atoms with E-state index in [0.717, 1.165) is 42.1 Å². The van der Waals surface area contributed by atoms with Gasteiger partial charge >= 0.3 is 0 Å². The summed E-state index contributed by atoms with van der Waals surface area (Å²) < 4.78 is 6.91.